The summed E-state index contributed by atoms with van der Waals surface area (Å²) in [6, 6.07) is 7.06. The Bertz CT molecular complexity index is 718. The third-order valence-electron chi connectivity index (χ3n) is 3.99. The Morgan fingerprint density at radius 3 is 3.00 bits per heavy atom. The number of benzene rings is 1. The van der Waals surface area contributed by atoms with Crippen LogP contribution in [0.4, 0.5) is 5.69 Å². The summed E-state index contributed by atoms with van der Waals surface area (Å²) in [5.74, 6) is -0.0942. The van der Waals surface area contributed by atoms with Crippen molar-refractivity contribution in [2.75, 3.05) is 5.32 Å². The second-order valence-corrected chi connectivity index (χ2v) is 5.50. The third-order valence-corrected chi connectivity index (χ3v) is 3.99. The Labute approximate surface area is 129 Å². The van der Waals surface area contributed by atoms with Gasteiger partial charge < -0.3 is 5.32 Å². The number of hydrogen-bond donors (Lipinski definition) is 1. The number of ketones is 1. The maximum Gasteiger partial charge on any atom is 0.259 e. The van der Waals surface area contributed by atoms with E-state index in [1.165, 1.54) is 0 Å². The van der Waals surface area contributed by atoms with Gasteiger partial charge in [0.1, 0.15) is 0 Å². The first kappa shape index (κ1) is 14.5. The van der Waals surface area contributed by atoms with Crippen molar-refractivity contribution in [2.24, 2.45) is 0 Å². The maximum absolute atomic E-state index is 12.4. The van der Waals surface area contributed by atoms with Gasteiger partial charge in [-0.1, -0.05) is 19.1 Å². The maximum atomic E-state index is 12.4. The zero-order valence-corrected chi connectivity index (χ0v) is 12.6. The molecule has 0 unspecified atom stereocenters. The minimum absolute atomic E-state index is 0.0685. The highest BCUT2D eigenvalue weighted by atomic mass is 16.1. The molecule has 1 aromatic carbocycles. The number of aryl methyl sites for hydroxylation is 1. The van der Waals surface area contributed by atoms with E-state index in [-0.39, 0.29) is 11.7 Å². The molecule has 0 aliphatic carbocycles. The number of carbonyl (C=O) groups excluding carboxylic acids is 2. The van der Waals surface area contributed by atoms with Crippen LogP contribution in [0.1, 0.15) is 52.6 Å². The number of Topliss-reactive ketones (excluding diaryl/α,β-unsaturated/α-hetero) is 1. The van der Waals surface area contributed by atoms with Crippen molar-refractivity contribution in [3.8, 4) is 0 Å². The lowest BCUT2D eigenvalue weighted by Gasteiger charge is -2.14. The predicted octanol–water partition coefficient (Wildman–Crippen LogP) is 3.06. The molecule has 0 saturated heterocycles. The van der Waals surface area contributed by atoms with E-state index in [9.17, 15) is 9.59 Å². The highest BCUT2D eigenvalue weighted by molar-refractivity contribution is 6.05. The van der Waals surface area contributed by atoms with E-state index in [1.807, 2.05) is 11.6 Å². The number of nitrogens with one attached hydrogen (secondary N) is 1. The largest absolute Gasteiger partial charge is 0.322 e. The molecule has 5 heteroatoms. The lowest BCUT2D eigenvalue weighted by molar-refractivity contribution is 0.0985. The highest BCUT2D eigenvalue weighted by Gasteiger charge is 2.20. The molecule has 2 aromatic rings. The Hall–Kier alpha value is -2.43. The van der Waals surface area contributed by atoms with E-state index >= 15 is 0 Å². The molecule has 3 rings (SSSR count). The zero-order chi connectivity index (χ0) is 15.5. The van der Waals surface area contributed by atoms with Gasteiger partial charge in [-0.2, -0.15) is 5.10 Å². The Balaban J connectivity index is 1.80. The molecular weight excluding hydrogens is 278 g/mol. The molecule has 1 amide bonds. The van der Waals surface area contributed by atoms with Gasteiger partial charge in [-0.3, -0.25) is 14.3 Å². The number of anilines is 1. The van der Waals surface area contributed by atoms with Crippen molar-refractivity contribution < 1.29 is 9.59 Å². The molecule has 1 aromatic heterocycles. The van der Waals surface area contributed by atoms with Crippen molar-refractivity contribution >= 4 is 17.4 Å². The number of amides is 1. The normalized spacial score (nSPS) is 13.5. The van der Waals surface area contributed by atoms with Crippen LogP contribution in [-0.4, -0.2) is 21.5 Å². The molecule has 1 N–H and O–H groups in total. The number of rotatable bonds is 4. The number of nitrogens with zero attached hydrogens (tertiary/aromatic N) is 2. The molecular formula is C17H19N3O2. The molecule has 114 valence electrons. The Morgan fingerprint density at radius 1 is 1.32 bits per heavy atom. The van der Waals surface area contributed by atoms with E-state index in [0.717, 1.165) is 31.5 Å². The lowest BCUT2D eigenvalue weighted by atomic mass is 10.1. The summed E-state index contributed by atoms with van der Waals surface area (Å²) in [7, 11) is 0. The van der Waals surface area contributed by atoms with Gasteiger partial charge in [-0.05, 0) is 31.4 Å². The summed E-state index contributed by atoms with van der Waals surface area (Å²) in [5, 5.41) is 7.15. The minimum Gasteiger partial charge on any atom is -0.322 e. The van der Waals surface area contributed by atoms with Gasteiger partial charge >= 0.3 is 0 Å². The summed E-state index contributed by atoms with van der Waals surface area (Å²) in [4.78, 5) is 24.2. The number of fused-ring (bicyclic) bond motifs is 1. The van der Waals surface area contributed by atoms with Crippen LogP contribution in [0.5, 0.6) is 0 Å². The third kappa shape index (κ3) is 2.79. The van der Waals surface area contributed by atoms with Gasteiger partial charge in [0.2, 0.25) is 0 Å². The zero-order valence-electron chi connectivity index (χ0n) is 12.6. The first-order chi connectivity index (χ1) is 10.7. The predicted molar refractivity (Wildman–Crippen MR) is 84.2 cm³/mol. The van der Waals surface area contributed by atoms with Gasteiger partial charge in [0.25, 0.3) is 5.91 Å². The van der Waals surface area contributed by atoms with E-state index in [4.69, 9.17) is 0 Å². The number of hydrogen-bond acceptors (Lipinski definition) is 3. The fourth-order valence-electron chi connectivity index (χ4n) is 2.78. The van der Waals surface area contributed by atoms with Crippen LogP contribution in [-0.2, 0) is 13.0 Å². The second kappa shape index (κ2) is 6.13. The van der Waals surface area contributed by atoms with Crippen molar-refractivity contribution in [1.82, 2.24) is 9.78 Å². The van der Waals surface area contributed by atoms with Crippen LogP contribution in [0.25, 0.3) is 0 Å². The van der Waals surface area contributed by atoms with Crippen LogP contribution >= 0.6 is 0 Å². The molecule has 0 bridgehead atoms. The van der Waals surface area contributed by atoms with Gasteiger partial charge in [0, 0.05) is 24.2 Å². The monoisotopic (exact) mass is 297 g/mol. The van der Waals surface area contributed by atoms with E-state index < -0.39 is 0 Å². The quantitative estimate of drug-likeness (QED) is 0.882. The SMILES string of the molecule is CCC(=O)c1cccc(NC(=O)c2cnn3c2CCCC3)c1. The molecule has 1 aliphatic heterocycles. The Morgan fingerprint density at radius 2 is 2.18 bits per heavy atom. The summed E-state index contributed by atoms with van der Waals surface area (Å²) >= 11 is 0. The first-order valence-corrected chi connectivity index (χ1v) is 7.68. The van der Waals surface area contributed by atoms with Crippen molar-refractivity contribution in [1.29, 1.82) is 0 Å². The van der Waals surface area contributed by atoms with E-state index in [1.54, 1.807) is 30.5 Å². The first-order valence-electron chi connectivity index (χ1n) is 7.68. The van der Waals surface area contributed by atoms with Crippen LogP contribution in [0.15, 0.2) is 30.5 Å². The summed E-state index contributed by atoms with van der Waals surface area (Å²) in [6.07, 6.45) is 5.17. The van der Waals surface area contributed by atoms with Crippen LogP contribution in [0.3, 0.4) is 0 Å². The number of aromatic nitrogens is 2. The molecule has 0 spiro atoms. The topological polar surface area (TPSA) is 64.0 Å². The average molecular weight is 297 g/mol. The second-order valence-electron chi connectivity index (χ2n) is 5.50. The molecule has 0 radical (unpaired) electrons. The van der Waals surface area contributed by atoms with Crippen LogP contribution in [0.2, 0.25) is 0 Å². The fraction of sp³-hybridized carbons (Fsp3) is 0.353. The van der Waals surface area contributed by atoms with Crippen molar-refractivity contribution in [2.45, 2.75) is 39.2 Å². The molecule has 0 fully saturated rings. The molecule has 5 nitrogen and oxygen atoms in total. The lowest BCUT2D eigenvalue weighted by Crippen LogP contribution is -2.17. The van der Waals surface area contributed by atoms with E-state index in [2.05, 4.69) is 10.4 Å². The summed E-state index contributed by atoms with van der Waals surface area (Å²) in [6.45, 7) is 2.70. The van der Waals surface area contributed by atoms with Gasteiger partial charge in [-0.15, -0.1) is 0 Å². The molecule has 22 heavy (non-hydrogen) atoms. The molecule has 0 saturated carbocycles. The van der Waals surface area contributed by atoms with Crippen molar-refractivity contribution in [3.05, 3.63) is 47.3 Å². The smallest absolute Gasteiger partial charge is 0.259 e. The molecule has 0 atom stereocenters. The van der Waals surface area contributed by atoms with Crippen LogP contribution < -0.4 is 5.32 Å². The summed E-state index contributed by atoms with van der Waals surface area (Å²) < 4.78 is 1.91. The molecule has 2 heterocycles. The van der Waals surface area contributed by atoms with E-state index in [0.29, 0.717) is 23.2 Å². The fourth-order valence-corrected chi connectivity index (χ4v) is 2.78. The minimum atomic E-state index is -0.163. The van der Waals surface area contributed by atoms with Crippen LogP contribution in [0, 0.1) is 0 Å². The van der Waals surface area contributed by atoms with Gasteiger partial charge in [0.15, 0.2) is 5.78 Å². The highest BCUT2D eigenvalue weighted by Crippen LogP contribution is 2.20. The van der Waals surface area contributed by atoms with Gasteiger partial charge in [0.05, 0.1) is 17.5 Å². The summed E-state index contributed by atoms with van der Waals surface area (Å²) in [5.41, 5.74) is 2.90. The Kier molecular flexibility index (Phi) is 4.04. The molecule has 1 aliphatic rings. The number of carbonyl (C=O) groups is 2. The standard InChI is InChI=1S/C17H19N3O2/c1-2-16(21)12-6-5-7-13(10-12)19-17(22)14-11-18-20-9-4-3-8-15(14)20/h5-7,10-11H,2-4,8-9H2,1H3,(H,19,22). The van der Waals surface area contributed by atoms with Gasteiger partial charge in [-0.25, -0.2) is 0 Å². The van der Waals surface area contributed by atoms with Crippen molar-refractivity contribution in [3.63, 3.8) is 0 Å². The average Bonchev–Trinajstić information content (AvgIpc) is 2.98.